The minimum atomic E-state index is -2.27. The zero-order chi connectivity index (χ0) is 16.2. The molecule has 1 fully saturated rings. The quantitative estimate of drug-likeness (QED) is 0.937. The average molecular weight is 321 g/mol. The van der Waals surface area contributed by atoms with Crippen LogP contribution in [-0.4, -0.2) is 37.9 Å². The minimum Gasteiger partial charge on any atom is -0.348 e. The Hall–Kier alpha value is -2.38. The molecular weight excluding hydrogens is 304 g/mol. The molecule has 6 nitrogen and oxygen atoms in total. The molecule has 1 N–H and O–H groups in total. The molecular formula is C15H17F2N5O. The van der Waals surface area contributed by atoms with E-state index in [4.69, 9.17) is 0 Å². The van der Waals surface area contributed by atoms with Crippen LogP contribution in [0, 0.1) is 5.92 Å². The molecule has 0 unspecified atom stereocenters. The van der Waals surface area contributed by atoms with E-state index in [1.165, 1.54) is 12.3 Å². The van der Waals surface area contributed by atoms with E-state index in [9.17, 15) is 13.6 Å². The van der Waals surface area contributed by atoms with Crippen LogP contribution in [0.4, 0.5) is 8.78 Å². The monoisotopic (exact) mass is 321 g/mol. The van der Waals surface area contributed by atoms with Crippen molar-refractivity contribution < 1.29 is 13.6 Å². The molecule has 8 heteroatoms. The largest absolute Gasteiger partial charge is 0.348 e. The lowest BCUT2D eigenvalue weighted by Gasteiger charge is -2.28. The second-order valence-electron chi connectivity index (χ2n) is 5.63. The van der Waals surface area contributed by atoms with Gasteiger partial charge in [0.15, 0.2) is 0 Å². The molecule has 0 bridgehead atoms. The zero-order valence-electron chi connectivity index (χ0n) is 12.4. The van der Waals surface area contributed by atoms with E-state index in [1.54, 1.807) is 23.3 Å². The molecule has 1 saturated carbocycles. The molecule has 0 saturated heterocycles. The van der Waals surface area contributed by atoms with Crippen LogP contribution >= 0.6 is 0 Å². The number of alkyl halides is 2. The highest BCUT2D eigenvalue weighted by molar-refractivity contribution is 5.92. The van der Waals surface area contributed by atoms with Gasteiger partial charge in [-0.3, -0.25) is 9.36 Å². The zero-order valence-corrected chi connectivity index (χ0v) is 12.4. The van der Waals surface area contributed by atoms with Gasteiger partial charge >= 0.3 is 0 Å². The highest BCUT2D eigenvalue weighted by Gasteiger charge is 2.28. The van der Waals surface area contributed by atoms with Gasteiger partial charge in [-0.25, -0.2) is 23.7 Å². The predicted octanol–water partition coefficient (Wildman–Crippen LogP) is 2.22. The van der Waals surface area contributed by atoms with Crippen molar-refractivity contribution in [2.75, 3.05) is 0 Å². The summed E-state index contributed by atoms with van der Waals surface area (Å²) in [6.45, 7) is 0. The maximum Gasteiger partial charge on any atom is 0.270 e. The van der Waals surface area contributed by atoms with Crippen molar-refractivity contribution in [3.05, 3.63) is 36.7 Å². The molecule has 1 aliphatic carbocycles. The van der Waals surface area contributed by atoms with Crippen molar-refractivity contribution >= 4 is 5.91 Å². The van der Waals surface area contributed by atoms with Gasteiger partial charge in [0.1, 0.15) is 12.0 Å². The standard InChI is InChI=1S/C15H17F2N5O/c16-13(17)10-1-3-11(4-2-10)20-14(23)12-5-6-19-15(21-12)22-8-7-18-9-22/h5-11,13H,1-4H2,(H,20,23). The van der Waals surface area contributed by atoms with Crippen molar-refractivity contribution in [3.8, 4) is 5.95 Å². The lowest BCUT2D eigenvalue weighted by molar-refractivity contribution is 0.0499. The molecule has 3 rings (SSSR count). The number of halogens is 2. The molecule has 122 valence electrons. The van der Waals surface area contributed by atoms with Crippen LogP contribution in [0.2, 0.25) is 0 Å². The third kappa shape index (κ3) is 3.69. The first-order chi connectivity index (χ1) is 11.1. The number of rotatable bonds is 4. The van der Waals surface area contributed by atoms with Gasteiger partial charge in [0.25, 0.3) is 5.91 Å². The minimum absolute atomic E-state index is 0.0795. The smallest absolute Gasteiger partial charge is 0.270 e. The van der Waals surface area contributed by atoms with Crippen LogP contribution in [0.5, 0.6) is 0 Å². The van der Waals surface area contributed by atoms with Crippen LogP contribution in [-0.2, 0) is 0 Å². The van der Waals surface area contributed by atoms with Gasteiger partial charge in [0.2, 0.25) is 12.4 Å². The molecule has 0 spiro atoms. The number of aromatic nitrogens is 4. The summed E-state index contributed by atoms with van der Waals surface area (Å²) >= 11 is 0. The fraction of sp³-hybridized carbons (Fsp3) is 0.467. The maximum atomic E-state index is 12.6. The predicted molar refractivity (Wildman–Crippen MR) is 78.4 cm³/mol. The van der Waals surface area contributed by atoms with E-state index in [-0.39, 0.29) is 17.6 Å². The Morgan fingerprint density at radius 3 is 2.70 bits per heavy atom. The van der Waals surface area contributed by atoms with Crippen LogP contribution in [0.1, 0.15) is 36.2 Å². The molecule has 2 heterocycles. The highest BCUT2D eigenvalue weighted by atomic mass is 19.3. The third-order valence-corrected chi connectivity index (χ3v) is 4.07. The Morgan fingerprint density at radius 2 is 2.04 bits per heavy atom. The summed E-state index contributed by atoms with van der Waals surface area (Å²) in [4.78, 5) is 24.5. The Morgan fingerprint density at radius 1 is 1.26 bits per heavy atom. The number of imidazole rings is 1. The summed E-state index contributed by atoms with van der Waals surface area (Å²) < 4.78 is 26.9. The number of hydrogen-bond acceptors (Lipinski definition) is 4. The highest BCUT2D eigenvalue weighted by Crippen LogP contribution is 2.29. The van der Waals surface area contributed by atoms with E-state index >= 15 is 0 Å². The molecule has 1 aliphatic rings. The van der Waals surface area contributed by atoms with Crippen molar-refractivity contribution in [2.24, 2.45) is 5.92 Å². The molecule has 0 aliphatic heterocycles. The third-order valence-electron chi connectivity index (χ3n) is 4.07. The van der Waals surface area contributed by atoms with Gasteiger partial charge in [-0.2, -0.15) is 0 Å². The van der Waals surface area contributed by atoms with Crippen molar-refractivity contribution in [2.45, 2.75) is 38.2 Å². The summed E-state index contributed by atoms with van der Waals surface area (Å²) in [7, 11) is 0. The van der Waals surface area contributed by atoms with Gasteiger partial charge in [0, 0.05) is 30.6 Å². The normalized spacial score (nSPS) is 21.3. The van der Waals surface area contributed by atoms with Gasteiger partial charge in [-0.1, -0.05) is 0 Å². The van der Waals surface area contributed by atoms with E-state index in [0.29, 0.717) is 31.6 Å². The summed E-state index contributed by atoms with van der Waals surface area (Å²) in [6, 6.07) is 1.45. The first-order valence-electron chi connectivity index (χ1n) is 7.54. The number of nitrogens with one attached hydrogen (secondary N) is 1. The van der Waals surface area contributed by atoms with Crippen molar-refractivity contribution in [1.29, 1.82) is 0 Å². The first kappa shape index (κ1) is 15.5. The number of amides is 1. The van der Waals surface area contributed by atoms with Gasteiger partial charge < -0.3 is 5.32 Å². The molecule has 2 aromatic rings. The summed E-state index contributed by atoms with van der Waals surface area (Å²) in [5.41, 5.74) is 0.250. The second kappa shape index (κ2) is 6.80. The lowest BCUT2D eigenvalue weighted by atomic mass is 9.86. The number of carbonyl (C=O) groups is 1. The Kier molecular flexibility index (Phi) is 4.59. The van der Waals surface area contributed by atoms with Crippen molar-refractivity contribution in [1.82, 2.24) is 24.8 Å². The van der Waals surface area contributed by atoms with Gasteiger partial charge in [-0.05, 0) is 31.7 Å². The number of carbonyl (C=O) groups excluding carboxylic acids is 1. The van der Waals surface area contributed by atoms with Gasteiger partial charge in [0.05, 0.1) is 0 Å². The summed E-state index contributed by atoms with van der Waals surface area (Å²) in [6.07, 6.45) is 6.07. The fourth-order valence-corrected chi connectivity index (χ4v) is 2.75. The molecule has 0 radical (unpaired) electrons. The van der Waals surface area contributed by atoms with E-state index in [2.05, 4.69) is 20.3 Å². The van der Waals surface area contributed by atoms with E-state index < -0.39 is 12.3 Å². The fourth-order valence-electron chi connectivity index (χ4n) is 2.75. The Labute approximate surface area is 132 Å². The second-order valence-corrected chi connectivity index (χ2v) is 5.63. The first-order valence-corrected chi connectivity index (χ1v) is 7.54. The summed E-state index contributed by atoms with van der Waals surface area (Å²) in [5.74, 6) is -0.499. The molecule has 0 aromatic carbocycles. The van der Waals surface area contributed by atoms with Crippen LogP contribution in [0.3, 0.4) is 0 Å². The van der Waals surface area contributed by atoms with Gasteiger partial charge in [-0.15, -0.1) is 0 Å². The molecule has 23 heavy (non-hydrogen) atoms. The number of nitrogens with zero attached hydrogens (tertiary/aromatic N) is 4. The summed E-state index contributed by atoms with van der Waals surface area (Å²) in [5, 5.41) is 2.87. The topological polar surface area (TPSA) is 72.7 Å². The molecule has 2 aromatic heterocycles. The Balaban J connectivity index is 1.62. The van der Waals surface area contributed by atoms with Crippen LogP contribution in [0.15, 0.2) is 31.0 Å². The molecule has 0 atom stereocenters. The van der Waals surface area contributed by atoms with E-state index in [0.717, 1.165) is 0 Å². The SMILES string of the molecule is O=C(NC1CCC(C(F)F)CC1)c1ccnc(-n2ccnc2)n1. The average Bonchev–Trinajstić information content (AvgIpc) is 3.10. The lowest BCUT2D eigenvalue weighted by Crippen LogP contribution is -2.39. The van der Waals surface area contributed by atoms with E-state index in [1.807, 2.05) is 0 Å². The van der Waals surface area contributed by atoms with Crippen molar-refractivity contribution in [3.63, 3.8) is 0 Å². The molecule has 1 amide bonds. The number of hydrogen-bond donors (Lipinski definition) is 1. The Bertz CT molecular complexity index is 654. The van der Waals surface area contributed by atoms with Crippen LogP contribution in [0.25, 0.3) is 5.95 Å². The van der Waals surface area contributed by atoms with Crippen LogP contribution < -0.4 is 5.32 Å². The maximum absolute atomic E-state index is 12.6.